The van der Waals surface area contributed by atoms with Gasteiger partial charge in [0.15, 0.2) is 17.9 Å². The number of phosphoric ester groups is 1. The number of anilines is 1. The molecule has 14 nitrogen and oxygen atoms in total. The molecule has 3 N–H and O–H groups in total. The summed E-state index contributed by atoms with van der Waals surface area (Å²) in [5.74, 6) is -3.78. The van der Waals surface area contributed by atoms with Crippen LogP contribution in [0, 0.1) is 21.4 Å². The molecule has 3 fully saturated rings. The number of carbonyl (C=O) groups excluding carboxylic acids is 2. The summed E-state index contributed by atoms with van der Waals surface area (Å²) >= 11 is 5.23. The lowest BCUT2D eigenvalue weighted by molar-refractivity contribution is -0.166. The van der Waals surface area contributed by atoms with Gasteiger partial charge in [-0.3, -0.25) is 18.7 Å². The molecular weight excluding hydrogens is 562 g/mol. The fourth-order valence-electron chi connectivity index (χ4n) is 3.72. The third-order valence-electron chi connectivity index (χ3n) is 6.10. The van der Waals surface area contributed by atoms with E-state index in [0.717, 1.165) is 6.20 Å². The van der Waals surface area contributed by atoms with Gasteiger partial charge in [-0.2, -0.15) is 4.98 Å². The number of hydrogen-bond donors (Lipinski definition) is 2. The molecule has 0 radical (unpaired) electrons. The Kier molecular flexibility index (Phi) is 7.75. The summed E-state index contributed by atoms with van der Waals surface area (Å²) in [4.78, 5) is 28.0. The second-order valence-corrected chi connectivity index (χ2v) is 13.5. The number of nitrogens with one attached hydrogen (secondary N) is 1. The van der Waals surface area contributed by atoms with Crippen LogP contribution in [0.5, 0.6) is 0 Å². The Morgan fingerprint density at radius 3 is 2.18 bits per heavy atom. The van der Waals surface area contributed by atoms with Crippen LogP contribution in [0.25, 0.3) is 0 Å². The average Bonchev–Trinajstić information content (AvgIpc) is 3.72. The van der Waals surface area contributed by atoms with E-state index in [2.05, 4.69) is 10.3 Å². The van der Waals surface area contributed by atoms with E-state index < -0.39 is 80.3 Å². The van der Waals surface area contributed by atoms with Crippen molar-refractivity contribution in [3.8, 4) is 0 Å². The summed E-state index contributed by atoms with van der Waals surface area (Å²) in [5.41, 5.74) is 3.05. The number of nitrogen functional groups attached to an aromatic ring is 1. The minimum Gasteiger partial charge on any atom is -0.437 e. The highest BCUT2D eigenvalue weighted by atomic mass is 32.1. The smallest absolute Gasteiger partial charge is 0.437 e. The molecule has 4 heterocycles. The standard InChI is InChI=1S/C22H32FN4O10PS/c1-19(2,3)16(28)31-10-34-38(30,35-11-32-17(29)20(4,5)6)33-9-22-14(36-22)21(8-25-21)15(37-22)27-7-12(23)13(24)26-18(27)39/h7,14-15,25H,8-11H2,1-6H3,(H2,24,26,39)/t14-,15-,21?,22?/m1/s1. The van der Waals surface area contributed by atoms with Crippen LogP contribution in [0.15, 0.2) is 6.20 Å². The number of epoxide rings is 1. The van der Waals surface area contributed by atoms with Crippen LogP contribution < -0.4 is 11.1 Å². The van der Waals surface area contributed by atoms with Crippen molar-refractivity contribution in [3.05, 3.63) is 16.8 Å². The van der Waals surface area contributed by atoms with Gasteiger partial charge in [0.1, 0.15) is 18.2 Å². The first-order valence-corrected chi connectivity index (χ1v) is 13.8. The molecule has 3 aliphatic rings. The van der Waals surface area contributed by atoms with E-state index in [-0.39, 0.29) is 10.6 Å². The molecule has 17 heteroatoms. The molecule has 0 saturated carbocycles. The van der Waals surface area contributed by atoms with Crippen molar-refractivity contribution in [1.82, 2.24) is 14.9 Å². The van der Waals surface area contributed by atoms with Crippen LogP contribution in [0.3, 0.4) is 0 Å². The van der Waals surface area contributed by atoms with Crippen molar-refractivity contribution in [2.45, 2.75) is 65.2 Å². The van der Waals surface area contributed by atoms with E-state index in [1.165, 1.54) is 4.57 Å². The molecular formula is C22H32FN4O10PS. The van der Waals surface area contributed by atoms with Crippen LogP contribution in [-0.4, -0.2) is 65.7 Å². The van der Waals surface area contributed by atoms with Crippen LogP contribution >= 0.6 is 20.0 Å². The summed E-state index contributed by atoms with van der Waals surface area (Å²) in [7, 11) is -4.49. The molecule has 3 saturated heterocycles. The summed E-state index contributed by atoms with van der Waals surface area (Å²) < 4.78 is 66.5. The SMILES string of the molecule is CC(C)(C)C(=O)OCOP(=O)(OCOC(=O)C(C)(C)C)OCC12O[C@@H](n3cc(F)c(N)nc3=S)C3(CN3)[C@H]1O2. The van der Waals surface area contributed by atoms with Gasteiger partial charge in [-0.1, -0.05) is 0 Å². The number of ether oxygens (including phenoxy) is 4. The fraction of sp³-hybridized carbons (Fsp3) is 0.727. The van der Waals surface area contributed by atoms with Crippen molar-refractivity contribution in [1.29, 1.82) is 0 Å². The van der Waals surface area contributed by atoms with Crippen molar-refractivity contribution in [3.63, 3.8) is 0 Å². The monoisotopic (exact) mass is 594 g/mol. The topological polar surface area (TPSA) is 185 Å². The number of phosphoric acid groups is 1. The number of aromatic nitrogens is 2. The number of carbonyl (C=O) groups is 2. The minimum atomic E-state index is -4.49. The fourth-order valence-corrected chi connectivity index (χ4v) is 4.89. The number of nitrogens with zero attached hydrogens (tertiary/aromatic N) is 2. The molecule has 1 spiro atoms. The Morgan fingerprint density at radius 1 is 1.15 bits per heavy atom. The zero-order valence-electron chi connectivity index (χ0n) is 22.3. The van der Waals surface area contributed by atoms with Crippen molar-refractivity contribution in [2.24, 2.45) is 10.8 Å². The number of hydrogen-bond acceptors (Lipinski definition) is 14. The second kappa shape index (κ2) is 10.1. The van der Waals surface area contributed by atoms with Gasteiger partial charge < -0.3 is 30.0 Å². The molecule has 3 aliphatic heterocycles. The summed E-state index contributed by atoms with van der Waals surface area (Å²) in [5, 5.41) is 3.15. The molecule has 218 valence electrons. The van der Waals surface area contributed by atoms with E-state index in [1.54, 1.807) is 41.5 Å². The molecule has 0 aliphatic carbocycles. The average molecular weight is 595 g/mol. The van der Waals surface area contributed by atoms with Gasteiger partial charge in [-0.05, 0) is 53.8 Å². The third kappa shape index (κ3) is 6.17. The number of esters is 2. The van der Waals surface area contributed by atoms with E-state index in [9.17, 15) is 18.5 Å². The van der Waals surface area contributed by atoms with Crippen LogP contribution in [0.2, 0.25) is 0 Å². The van der Waals surface area contributed by atoms with Crippen molar-refractivity contribution in [2.75, 3.05) is 32.5 Å². The zero-order valence-corrected chi connectivity index (χ0v) is 24.1. The van der Waals surface area contributed by atoms with Gasteiger partial charge in [0, 0.05) is 12.7 Å². The number of nitrogens with two attached hydrogens (primary N) is 1. The van der Waals surface area contributed by atoms with Crippen LogP contribution in [-0.2, 0) is 46.7 Å². The molecule has 1 aromatic rings. The predicted molar refractivity (Wildman–Crippen MR) is 132 cm³/mol. The first kappa shape index (κ1) is 29.9. The molecule has 2 unspecified atom stereocenters. The highest BCUT2D eigenvalue weighted by molar-refractivity contribution is 7.71. The minimum absolute atomic E-state index is 0.0111. The van der Waals surface area contributed by atoms with E-state index >= 15 is 0 Å². The van der Waals surface area contributed by atoms with Gasteiger partial charge in [-0.25, -0.2) is 18.0 Å². The van der Waals surface area contributed by atoms with Gasteiger partial charge in [0.25, 0.3) is 0 Å². The van der Waals surface area contributed by atoms with Gasteiger partial charge in [0.2, 0.25) is 24.1 Å². The van der Waals surface area contributed by atoms with Crippen molar-refractivity contribution < 1.29 is 51.1 Å². The first-order chi connectivity index (χ1) is 17.9. The summed E-state index contributed by atoms with van der Waals surface area (Å²) in [6.07, 6.45) is -0.333. The van der Waals surface area contributed by atoms with Crippen molar-refractivity contribution >= 4 is 37.8 Å². The molecule has 4 atom stereocenters. The Labute approximate surface area is 229 Å². The van der Waals surface area contributed by atoms with Crippen LogP contribution in [0.4, 0.5) is 10.2 Å². The molecule has 39 heavy (non-hydrogen) atoms. The maximum absolute atomic E-state index is 14.2. The Hall–Kier alpha value is -2.04. The zero-order chi connectivity index (χ0) is 29.0. The second-order valence-electron chi connectivity index (χ2n) is 11.4. The Balaban J connectivity index is 1.45. The number of rotatable bonds is 10. The third-order valence-corrected chi connectivity index (χ3v) is 7.69. The summed E-state index contributed by atoms with van der Waals surface area (Å²) in [6, 6.07) is 0. The predicted octanol–water partition coefficient (Wildman–Crippen LogP) is 2.55. The van der Waals surface area contributed by atoms with E-state index in [0.29, 0.717) is 6.54 Å². The van der Waals surface area contributed by atoms with E-state index in [1.807, 2.05) is 0 Å². The highest BCUT2D eigenvalue weighted by Crippen LogP contribution is 2.63. The van der Waals surface area contributed by atoms with Gasteiger partial charge in [0.05, 0.1) is 10.8 Å². The maximum atomic E-state index is 14.2. The Morgan fingerprint density at radius 2 is 1.69 bits per heavy atom. The Bertz CT molecular complexity index is 1220. The van der Waals surface area contributed by atoms with Gasteiger partial charge in [-0.15, -0.1) is 0 Å². The number of fused-ring (bicyclic) bond motifs is 2. The first-order valence-electron chi connectivity index (χ1n) is 12.0. The number of halogens is 1. The molecule has 0 bridgehead atoms. The lowest BCUT2D eigenvalue weighted by Crippen LogP contribution is -2.33. The lowest BCUT2D eigenvalue weighted by atomic mass is 9.98. The molecule has 4 rings (SSSR count). The molecule has 1 aromatic heterocycles. The highest BCUT2D eigenvalue weighted by Gasteiger charge is 2.82. The van der Waals surface area contributed by atoms with Crippen LogP contribution in [0.1, 0.15) is 47.8 Å². The maximum Gasteiger partial charge on any atom is 0.480 e. The normalized spacial score (nSPS) is 27.8. The van der Waals surface area contributed by atoms with Gasteiger partial charge >= 0.3 is 19.8 Å². The lowest BCUT2D eigenvalue weighted by Gasteiger charge is -2.25. The largest absolute Gasteiger partial charge is 0.480 e. The van der Waals surface area contributed by atoms with E-state index in [4.69, 9.17) is 50.5 Å². The quantitative estimate of drug-likeness (QED) is 0.132. The molecule has 0 amide bonds. The molecule has 0 aromatic carbocycles. The summed E-state index contributed by atoms with van der Waals surface area (Å²) in [6.45, 7) is 8.22.